The van der Waals surface area contributed by atoms with Crippen molar-refractivity contribution in [3.8, 4) is 0 Å². The number of amides is 1. The predicted molar refractivity (Wildman–Crippen MR) is 102 cm³/mol. The van der Waals surface area contributed by atoms with E-state index in [0.717, 1.165) is 4.31 Å². The number of carbonyl (C=O) groups is 1. The van der Waals surface area contributed by atoms with Crippen molar-refractivity contribution in [3.63, 3.8) is 0 Å². The molecule has 8 nitrogen and oxygen atoms in total. The molecule has 0 saturated heterocycles. The molecular formula is C16H20N4O4S2. The number of carbonyl (C=O) groups excluding carboxylic acids is 1. The van der Waals surface area contributed by atoms with Gasteiger partial charge in [0, 0.05) is 19.8 Å². The molecule has 3 N–H and O–H groups in total. The van der Waals surface area contributed by atoms with Crippen LogP contribution in [0.1, 0.15) is 5.76 Å². The Kier molecular flexibility index (Phi) is 6.72. The van der Waals surface area contributed by atoms with Gasteiger partial charge in [-0.3, -0.25) is 4.79 Å². The second kappa shape index (κ2) is 8.79. The number of hydrogen-bond acceptors (Lipinski definition) is 5. The van der Waals surface area contributed by atoms with Crippen molar-refractivity contribution in [2.24, 2.45) is 0 Å². The average Bonchev–Trinajstić information content (AvgIpc) is 3.12. The van der Waals surface area contributed by atoms with Gasteiger partial charge in [0.1, 0.15) is 5.76 Å². The zero-order chi connectivity index (χ0) is 19.2. The van der Waals surface area contributed by atoms with Gasteiger partial charge in [0.15, 0.2) is 5.11 Å². The van der Waals surface area contributed by atoms with Gasteiger partial charge in [-0.25, -0.2) is 12.7 Å². The molecule has 0 aliphatic heterocycles. The van der Waals surface area contributed by atoms with E-state index in [2.05, 4.69) is 16.0 Å². The van der Waals surface area contributed by atoms with E-state index in [4.69, 9.17) is 16.6 Å². The van der Waals surface area contributed by atoms with E-state index >= 15 is 0 Å². The maximum atomic E-state index is 12.1. The summed E-state index contributed by atoms with van der Waals surface area (Å²) in [5.41, 5.74) is 0.501. The molecule has 0 fully saturated rings. The molecule has 1 aromatic heterocycles. The molecule has 10 heteroatoms. The lowest BCUT2D eigenvalue weighted by molar-refractivity contribution is -0.120. The number of sulfonamides is 1. The van der Waals surface area contributed by atoms with Gasteiger partial charge in [0.25, 0.3) is 0 Å². The van der Waals surface area contributed by atoms with E-state index in [9.17, 15) is 13.2 Å². The van der Waals surface area contributed by atoms with E-state index < -0.39 is 10.0 Å². The van der Waals surface area contributed by atoms with Crippen LogP contribution < -0.4 is 16.0 Å². The minimum atomic E-state index is -3.53. The first kappa shape index (κ1) is 19.9. The van der Waals surface area contributed by atoms with E-state index in [1.807, 2.05) is 0 Å². The Labute approximate surface area is 157 Å². The minimum Gasteiger partial charge on any atom is -0.467 e. The Bertz CT molecular complexity index is 864. The number of nitrogens with one attached hydrogen (secondary N) is 3. The molecule has 0 radical (unpaired) electrons. The minimum absolute atomic E-state index is 0.0256. The van der Waals surface area contributed by atoms with E-state index in [1.165, 1.54) is 32.5 Å². The van der Waals surface area contributed by atoms with Gasteiger partial charge >= 0.3 is 0 Å². The quantitative estimate of drug-likeness (QED) is 0.603. The second-order valence-electron chi connectivity index (χ2n) is 5.48. The van der Waals surface area contributed by atoms with Gasteiger partial charge in [-0.2, -0.15) is 0 Å². The summed E-state index contributed by atoms with van der Waals surface area (Å²) >= 11 is 5.13. The maximum absolute atomic E-state index is 12.1. The molecule has 0 bridgehead atoms. The highest BCUT2D eigenvalue weighted by atomic mass is 32.2. The predicted octanol–water partition coefficient (Wildman–Crippen LogP) is 1.13. The summed E-state index contributed by atoms with van der Waals surface area (Å²) in [6, 6.07) is 9.76. The molecule has 26 heavy (non-hydrogen) atoms. The number of thiocarbonyl (C=S) groups is 1. The zero-order valence-electron chi connectivity index (χ0n) is 14.4. The van der Waals surface area contributed by atoms with Crippen LogP contribution >= 0.6 is 12.2 Å². The first-order valence-corrected chi connectivity index (χ1v) is 9.50. The van der Waals surface area contributed by atoms with Crippen LogP contribution in [0.15, 0.2) is 52.0 Å². The number of furan rings is 1. The van der Waals surface area contributed by atoms with Gasteiger partial charge in [0.2, 0.25) is 15.9 Å². The highest BCUT2D eigenvalue weighted by Crippen LogP contribution is 2.17. The molecule has 0 aliphatic rings. The van der Waals surface area contributed by atoms with Gasteiger partial charge in [-0.05, 0) is 42.5 Å². The third-order valence-corrected chi connectivity index (χ3v) is 5.38. The molecule has 1 amide bonds. The number of benzene rings is 1. The third-order valence-electron chi connectivity index (χ3n) is 3.32. The molecule has 0 saturated carbocycles. The van der Waals surface area contributed by atoms with Crippen LogP contribution in [-0.4, -0.2) is 44.4 Å². The highest BCUT2D eigenvalue weighted by molar-refractivity contribution is 7.89. The molecule has 2 aromatic rings. The first-order valence-electron chi connectivity index (χ1n) is 7.65. The average molecular weight is 396 g/mol. The molecular weight excluding hydrogens is 376 g/mol. The fourth-order valence-corrected chi connectivity index (χ4v) is 3.08. The van der Waals surface area contributed by atoms with Crippen LogP contribution in [0.5, 0.6) is 0 Å². The molecule has 140 valence electrons. The Balaban J connectivity index is 1.85. The fourth-order valence-electron chi connectivity index (χ4n) is 1.94. The normalized spacial score (nSPS) is 11.2. The van der Waals surface area contributed by atoms with Crippen molar-refractivity contribution in [3.05, 3.63) is 48.4 Å². The van der Waals surface area contributed by atoms with E-state index in [0.29, 0.717) is 11.4 Å². The van der Waals surface area contributed by atoms with Crippen molar-refractivity contribution >= 4 is 38.9 Å². The summed E-state index contributed by atoms with van der Waals surface area (Å²) < 4.78 is 30.5. The van der Waals surface area contributed by atoms with Crippen molar-refractivity contribution < 1.29 is 17.6 Å². The fraction of sp³-hybridized carbons (Fsp3) is 0.250. The number of nitrogens with zero attached hydrogens (tertiary/aromatic N) is 1. The third kappa shape index (κ3) is 5.55. The largest absolute Gasteiger partial charge is 0.467 e. The molecule has 0 unspecified atom stereocenters. The van der Waals surface area contributed by atoms with Gasteiger partial charge < -0.3 is 20.4 Å². The Morgan fingerprint density at radius 1 is 1.19 bits per heavy atom. The van der Waals surface area contributed by atoms with Crippen molar-refractivity contribution in [2.45, 2.75) is 11.4 Å². The molecule has 2 rings (SSSR count). The SMILES string of the molecule is CN(C)S(=O)(=O)c1cccc(NC(=S)NCC(=O)NCc2ccco2)c1. The van der Waals surface area contributed by atoms with Gasteiger partial charge in [-0.1, -0.05) is 6.07 Å². The second-order valence-corrected chi connectivity index (χ2v) is 8.04. The summed E-state index contributed by atoms with van der Waals surface area (Å²) in [5.74, 6) is 0.396. The van der Waals surface area contributed by atoms with Crippen LogP contribution in [0.4, 0.5) is 5.69 Å². The van der Waals surface area contributed by atoms with Crippen LogP contribution in [0, 0.1) is 0 Å². The Hall–Kier alpha value is -2.43. The highest BCUT2D eigenvalue weighted by Gasteiger charge is 2.17. The van der Waals surface area contributed by atoms with E-state index in [1.54, 1.807) is 24.3 Å². The molecule has 1 aromatic carbocycles. The summed E-state index contributed by atoms with van der Waals surface area (Å²) in [4.78, 5) is 11.9. The first-order chi connectivity index (χ1) is 12.3. The zero-order valence-corrected chi connectivity index (χ0v) is 16.0. The Morgan fingerprint density at radius 3 is 2.62 bits per heavy atom. The van der Waals surface area contributed by atoms with Crippen molar-refractivity contribution in [2.75, 3.05) is 26.0 Å². The lowest BCUT2D eigenvalue weighted by atomic mass is 10.3. The van der Waals surface area contributed by atoms with E-state index in [-0.39, 0.29) is 29.0 Å². The lowest BCUT2D eigenvalue weighted by Crippen LogP contribution is -2.38. The standard InChI is InChI=1S/C16H20N4O4S2/c1-20(2)26(22,23)14-7-3-5-12(9-14)19-16(25)18-11-15(21)17-10-13-6-4-8-24-13/h3-9H,10-11H2,1-2H3,(H,17,21)(H2,18,19,25). The molecule has 0 atom stereocenters. The van der Waals surface area contributed by atoms with Crippen LogP contribution in [0.25, 0.3) is 0 Å². The van der Waals surface area contributed by atoms with Gasteiger partial charge in [0.05, 0.1) is 24.2 Å². The van der Waals surface area contributed by atoms with Crippen LogP contribution in [-0.2, 0) is 21.4 Å². The number of anilines is 1. The van der Waals surface area contributed by atoms with Crippen LogP contribution in [0.3, 0.4) is 0 Å². The summed E-state index contributed by atoms with van der Waals surface area (Å²) in [6.45, 7) is 0.264. The maximum Gasteiger partial charge on any atom is 0.242 e. The van der Waals surface area contributed by atoms with Gasteiger partial charge in [-0.15, -0.1) is 0 Å². The summed E-state index contributed by atoms with van der Waals surface area (Å²) in [6.07, 6.45) is 1.53. The Morgan fingerprint density at radius 2 is 1.96 bits per heavy atom. The topological polar surface area (TPSA) is 104 Å². The summed E-state index contributed by atoms with van der Waals surface area (Å²) in [5, 5.41) is 8.50. The van der Waals surface area contributed by atoms with Crippen molar-refractivity contribution in [1.29, 1.82) is 0 Å². The number of rotatable bonds is 7. The smallest absolute Gasteiger partial charge is 0.242 e. The van der Waals surface area contributed by atoms with Crippen LogP contribution in [0.2, 0.25) is 0 Å². The lowest BCUT2D eigenvalue weighted by Gasteiger charge is -2.14. The monoisotopic (exact) mass is 396 g/mol. The summed E-state index contributed by atoms with van der Waals surface area (Å²) in [7, 11) is -0.611. The molecule has 1 heterocycles. The number of hydrogen-bond donors (Lipinski definition) is 3. The molecule has 0 spiro atoms. The van der Waals surface area contributed by atoms with Crippen molar-refractivity contribution in [1.82, 2.24) is 14.9 Å². The molecule has 0 aliphatic carbocycles.